The van der Waals surface area contributed by atoms with Crippen LogP contribution in [0.1, 0.15) is 35.0 Å². The molecule has 4 rings (SSSR count). The summed E-state index contributed by atoms with van der Waals surface area (Å²) in [5, 5.41) is 6.95. The van der Waals surface area contributed by atoms with E-state index in [0.717, 1.165) is 11.1 Å². The third-order valence-corrected chi connectivity index (χ3v) is 5.18. The van der Waals surface area contributed by atoms with Crippen molar-refractivity contribution in [3.63, 3.8) is 0 Å². The van der Waals surface area contributed by atoms with Gasteiger partial charge in [0.25, 0.3) is 11.8 Å². The summed E-state index contributed by atoms with van der Waals surface area (Å²) in [6.07, 6.45) is 3.43. The second-order valence-electron chi connectivity index (χ2n) is 7.29. The molecular weight excluding hydrogens is 403 g/mol. The molecule has 0 spiro atoms. The molecule has 31 heavy (non-hydrogen) atoms. The summed E-state index contributed by atoms with van der Waals surface area (Å²) in [7, 11) is 1.56. The number of hydrogen-bond acceptors (Lipinski definition) is 6. The van der Waals surface area contributed by atoms with Crippen LogP contribution in [0.25, 0.3) is 5.57 Å². The smallest absolute Gasteiger partial charge is 0.269 e. The first kappa shape index (κ1) is 21.0. The second kappa shape index (κ2) is 8.83. The maximum atomic E-state index is 14.5. The zero-order valence-corrected chi connectivity index (χ0v) is 17.3. The summed E-state index contributed by atoms with van der Waals surface area (Å²) in [4.78, 5) is 33.6. The second-order valence-corrected chi connectivity index (χ2v) is 7.29. The van der Waals surface area contributed by atoms with Crippen molar-refractivity contribution in [3.05, 3.63) is 59.2 Å². The molecule has 2 aliphatic rings. The number of ether oxygens (including phenoxy) is 1. The van der Waals surface area contributed by atoms with Crippen LogP contribution >= 0.6 is 0 Å². The number of hydroxylamine groups is 2. The predicted octanol–water partition coefficient (Wildman–Crippen LogP) is 2.52. The molecule has 1 aromatic heterocycles. The van der Waals surface area contributed by atoms with Gasteiger partial charge < -0.3 is 15.4 Å². The molecule has 2 aliphatic heterocycles. The number of pyridine rings is 1. The molecule has 0 saturated heterocycles. The van der Waals surface area contributed by atoms with Gasteiger partial charge in [0, 0.05) is 26.3 Å². The SMILES string of the molecule is CCC1Oc2c(F)cc(CN3CC=C(c4ccc(C(=O)NC)nc4)CO3)cc2NC1=O. The van der Waals surface area contributed by atoms with E-state index in [-0.39, 0.29) is 17.6 Å². The number of rotatable bonds is 5. The van der Waals surface area contributed by atoms with Gasteiger partial charge >= 0.3 is 0 Å². The molecule has 162 valence electrons. The normalized spacial score (nSPS) is 18.5. The average Bonchev–Trinajstić information content (AvgIpc) is 2.79. The molecule has 0 fully saturated rings. The van der Waals surface area contributed by atoms with E-state index in [0.29, 0.717) is 43.1 Å². The molecule has 8 nitrogen and oxygen atoms in total. The third-order valence-electron chi connectivity index (χ3n) is 5.18. The van der Waals surface area contributed by atoms with Crippen LogP contribution in [0.5, 0.6) is 5.75 Å². The standard InChI is InChI=1S/C22H23FN4O4/c1-3-19-22(29)26-18-9-13(8-16(23)20(18)31-19)11-27-7-6-15(12-30-27)14-4-5-17(25-10-14)21(28)24-2/h4-6,8-10,19H,3,7,11-12H2,1-2H3,(H,24,28)(H,26,29). The summed E-state index contributed by atoms with van der Waals surface area (Å²) in [5.74, 6) is -0.953. The topological polar surface area (TPSA) is 92.8 Å². The van der Waals surface area contributed by atoms with E-state index >= 15 is 0 Å². The molecule has 1 atom stereocenters. The van der Waals surface area contributed by atoms with E-state index < -0.39 is 11.9 Å². The highest BCUT2D eigenvalue weighted by Gasteiger charge is 2.29. The molecule has 3 heterocycles. The summed E-state index contributed by atoms with van der Waals surface area (Å²) >= 11 is 0. The van der Waals surface area contributed by atoms with Crippen LogP contribution in [0, 0.1) is 5.82 Å². The highest BCUT2D eigenvalue weighted by molar-refractivity contribution is 5.97. The summed E-state index contributed by atoms with van der Waals surface area (Å²) in [5.41, 5.74) is 3.16. The van der Waals surface area contributed by atoms with Crippen molar-refractivity contribution >= 4 is 23.1 Å². The first-order valence-corrected chi connectivity index (χ1v) is 10.0. The molecule has 1 aromatic carbocycles. The average molecular weight is 426 g/mol. The molecule has 2 amide bonds. The molecular formula is C22H23FN4O4. The van der Waals surface area contributed by atoms with Crippen LogP contribution in [0.2, 0.25) is 0 Å². The van der Waals surface area contributed by atoms with Crippen LogP contribution < -0.4 is 15.4 Å². The zero-order valence-electron chi connectivity index (χ0n) is 17.3. The minimum absolute atomic E-state index is 0.0737. The van der Waals surface area contributed by atoms with E-state index in [1.807, 2.05) is 19.1 Å². The van der Waals surface area contributed by atoms with Crippen LogP contribution in [-0.2, 0) is 16.2 Å². The van der Waals surface area contributed by atoms with Crippen LogP contribution in [0.4, 0.5) is 10.1 Å². The fourth-order valence-electron chi connectivity index (χ4n) is 3.48. The van der Waals surface area contributed by atoms with Crippen LogP contribution in [0.15, 0.2) is 36.5 Å². The molecule has 1 unspecified atom stereocenters. The minimum atomic E-state index is -0.679. The largest absolute Gasteiger partial charge is 0.475 e. The molecule has 9 heteroatoms. The van der Waals surface area contributed by atoms with Crippen molar-refractivity contribution in [2.24, 2.45) is 0 Å². The Morgan fingerprint density at radius 3 is 2.87 bits per heavy atom. The van der Waals surface area contributed by atoms with Crippen LogP contribution in [-0.4, -0.2) is 48.2 Å². The van der Waals surface area contributed by atoms with Gasteiger partial charge in [-0.1, -0.05) is 19.1 Å². The molecule has 0 radical (unpaired) electrons. The van der Waals surface area contributed by atoms with E-state index in [1.165, 1.54) is 6.07 Å². The van der Waals surface area contributed by atoms with Gasteiger partial charge in [-0.25, -0.2) is 4.39 Å². The number of fused-ring (bicyclic) bond motifs is 1. The number of benzene rings is 1. The Hall–Kier alpha value is -3.30. The van der Waals surface area contributed by atoms with E-state index in [1.54, 1.807) is 30.4 Å². The van der Waals surface area contributed by atoms with Gasteiger partial charge in [0.1, 0.15) is 5.69 Å². The Bertz CT molecular complexity index is 1040. The lowest BCUT2D eigenvalue weighted by Crippen LogP contribution is -2.37. The lowest BCUT2D eigenvalue weighted by atomic mass is 10.1. The highest BCUT2D eigenvalue weighted by Crippen LogP contribution is 2.35. The lowest BCUT2D eigenvalue weighted by molar-refractivity contribution is -0.150. The lowest BCUT2D eigenvalue weighted by Gasteiger charge is -2.28. The van der Waals surface area contributed by atoms with Crippen molar-refractivity contribution in [2.75, 3.05) is 25.5 Å². The highest BCUT2D eigenvalue weighted by atomic mass is 19.1. The molecule has 2 N–H and O–H groups in total. The molecule has 0 bridgehead atoms. The maximum Gasteiger partial charge on any atom is 0.269 e. The quantitative estimate of drug-likeness (QED) is 0.763. The van der Waals surface area contributed by atoms with Gasteiger partial charge in [-0.3, -0.25) is 19.4 Å². The number of halogens is 1. The number of carbonyl (C=O) groups excluding carboxylic acids is 2. The van der Waals surface area contributed by atoms with Crippen molar-refractivity contribution in [3.8, 4) is 5.75 Å². The number of carbonyl (C=O) groups is 2. The maximum absolute atomic E-state index is 14.5. The monoisotopic (exact) mass is 426 g/mol. The predicted molar refractivity (Wildman–Crippen MR) is 112 cm³/mol. The Kier molecular flexibility index (Phi) is 5.97. The summed E-state index contributed by atoms with van der Waals surface area (Å²) < 4.78 is 20.0. The van der Waals surface area contributed by atoms with E-state index in [9.17, 15) is 14.0 Å². The fourth-order valence-corrected chi connectivity index (χ4v) is 3.48. The number of nitrogens with zero attached hydrogens (tertiary/aromatic N) is 2. The van der Waals surface area contributed by atoms with Gasteiger partial charge in [0.05, 0.1) is 12.3 Å². The molecule has 0 aliphatic carbocycles. The van der Waals surface area contributed by atoms with Gasteiger partial charge in [-0.15, -0.1) is 0 Å². The zero-order chi connectivity index (χ0) is 22.0. The summed E-state index contributed by atoms with van der Waals surface area (Å²) in [6.45, 7) is 2.97. The van der Waals surface area contributed by atoms with Gasteiger partial charge in [-0.05, 0) is 41.3 Å². The van der Waals surface area contributed by atoms with Gasteiger partial charge in [0.15, 0.2) is 17.7 Å². The Morgan fingerprint density at radius 1 is 1.39 bits per heavy atom. The van der Waals surface area contributed by atoms with E-state index in [2.05, 4.69) is 15.6 Å². The molecule has 0 saturated carbocycles. The fraction of sp³-hybridized carbons (Fsp3) is 0.318. The first-order valence-electron chi connectivity index (χ1n) is 10.0. The number of nitrogens with one attached hydrogen (secondary N) is 2. The van der Waals surface area contributed by atoms with Crippen LogP contribution in [0.3, 0.4) is 0 Å². The number of aromatic nitrogens is 1. The Balaban J connectivity index is 1.42. The van der Waals surface area contributed by atoms with Crippen molar-refractivity contribution in [1.29, 1.82) is 0 Å². The van der Waals surface area contributed by atoms with Crippen molar-refractivity contribution in [2.45, 2.75) is 26.0 Å². The summed E-state index contributed by atoms with van der Waals surface area (Å²) in [6, 6.07) is 6.59. The van der Waals surface area contributed by atoms with Gasteiger partial charge in [0.2, 0.25) is 0 Å². The molecule has 2 aromatic rings. The van der Waals surface area contributed by atoms with Crippen molar-refractivity contribution in [1.82, 2.24) is 15.4 Å². The van der Waals surface area contributed by atoms with Crippen molar-refractivity contribution < 1.29 is 23.6 Å². The first-order chi connectivity index (χ1) is 15.0. The number of anilines is 1. The van der Waals surface area contributed by atoms with E-state index in [4.69, 9.17) is 9.57 Å². The number of hydrogen-bond donors (Lipinski definition) is 2. The Morgan fingerprint density at radius 2 is 2.23 bits per heavy atom. The van der Waals surface area contributed by atoms with Gasteiger partial charge in [-0.2, -0.15) is 5.06 Å². The minimum Gasteiger partial charge on any atom is -0.475 e. The Labute approximate surface area is 179 Å². The number of amides is 2. The third kappa shape index (κ3) is 4.42.